The highest BCUT2D eigenvalue weighted by atomic mass is 32.2. The first-order chi connectivity index (χ1) is 15.3. The molecule has 9 heteroatoms. The molecular formula is C23H29N3O5S. The third-order valence-corrected chi connectivity index (χ3v) is 7.18. The molecule has 0 unspecified atom stereocenters. The number of likely N-dealkylation sites (N-methyl/N-ethyl adjacent to an activating group) is 1. The molecule has 2 aromatic carbocycles. The van der Waals surface area contributed by atoms with Gasteiger partial charge < -0.3 is 15.0 Å². The molecular weight excluding hydrogens is 430 g/mol. The third-order valence-electron chi connectivity index (χ3n) is 5.28. The minimum Gasteiger partial charge on any atom is -0.494 e. The van der Waals surface area contributed by atoms with Crippen molar-refractivity contribution in [1.82, 2.24) is 9.21 Å². The molecule has 0 atom stereocenters. The molecule has 1 N–H and O–H groups in total. The van der Waals surface area contributed by atoms with Crippen LogP contribution in [0.25, 0.3) is 0 Å². The number of piperazine rings is 1. The summed E-state index contributed by atoms with van der Waals surface area (Å²) < 4.78 is 32.6. The van der Waals surface area contributed by atoms with Crippen molar-refractivity contribution in [3.8, 4) is 5.75 Å². The number of rotatable bonds is 9. The van der Waals surface area contributed by atoms with E-state index in [2.05, 4.69) is 10.2 Å². The largest absolute Gasteiger partial charge is 0.494 e. The zero-order valence-electron chi connectivity index (χ0n) is 18.4. The highest BCUT2D eigenvalue weighted by Crippen LogP contribution is 2.21. The van der Waals surface area contributed by atoms with E-state index in [9.17, 15) is 18.0 Å². The fourth-order valence-electron chi connectivity index (χ4n) is 3.41. The minimum absolute atomic E-state index is 0.00147. The molecule has 0 bridgehead atoms. The summed E-state index contributed by atoms with van der Waals surface area (Å²) in [5.74, 6) is 0.196. The summed E-state index contributed by atoms with van der Waals surface area (Å²) in [5.41, 5.74) is 0.903. The number of carbonyl (C=O) groups is 2. The first-order valence-corrected chi connectivity index (χ1v) is 12.1. The summed E-state index contributed by atoms with van der Waals surface area (Å²) >= 11 is 0. The number of nitrogens with one attached hydrogen (secondary N) is 1. The van der Waals surface area contributed by atoms with Crippen molar-refractivity contribution >= 4 is 27.4 Å². The Morgan fingerprint density at radius 2 is 1.69 bits per heavy atom. The van der Waals surface area contributed by atoms with E-state index in [0.717, 1.165) is 0 Å². The van der Waals surface area contributed by atoms with Crippen LogP contribution in [0.1, 0.15) is 30.1 Å². The van der Waals surface area contributed by atoms with Gasteiger partial charge in [-0.25, -0.2) is 8.42 Å². The number of nitrogens with zero attached hydrogens (tertiary/aromatic N) is 2. The van der Waals surface area contributed by atoms with Gasteiger partial charge in [0.25, 0.3) is 0 Å². The van der Waals surface area contributed by atoms with Crippen LogP contribution in [0.5, 0.6) is 5.75 Å². The highest BCUT2D eigenvalue weighted by Gasteiger charge is 2.27. The van der Waals surface area contributed by atoms with E-state index in [4.69, 9.17) is 4.74 Å². The molecule has 1 heterocycles. The van der Waals surface area contributed by atoms with Crippen molar-refractivity contribution in [3.05, 3.63) is 54.1 Å². The summed E-state index contributed by atoms with van der Waals surface area (Å²) in [6, 6.07) is 13.0. The summed E-state index contributed by atoms with van der Waals surface area (Å²) in [6.45, 7) is 4.66. The number of ketones is 1. The second kappa shape index (κ2) is 10.7. The number of amides is 1. The molecule has 3 rings (SSSR count). The van der Waals surface area contributed by atoms with Crippen LogP contribution in [-0.2, 0) is 14.8 Å². The number of carbonyl (C=O) groups excluding carboxylic acids is 2. The van der Waals surface area contributed by atoms with Crippen molar-refractivity contribution in [2.24, 2.45) is 0 Å². The highest BCUT2D eigenvalue weighted by molar-refractivity contribution is 7.89. The SMILES string of the molecule is CCOc1ccc(C(=O)CCC(=O)Nc2cccc(S(=O)(=O)N3CCN(C)CC3)c2)cc1. The normalized spacial score (nSPS) is 15.3. The number of anilines is 1. The van der Waals surface area contributed by atoms with E-state index in [1.807, 2.05) is 14.0 Å². The zero-order valence-corrected chi connectivity index (χ0v) is 19.2. The van der Waals surface area contributed by atoms with Crippen LogP contribution in [0.15, 0.2) is 53.4 Å². The Bertz CT molecular complexity index is 1050. The van der Waals surface area contributed by atoms with E-state index in [1.54, 1.807) is 36.4 Å². The predicted molar refractivity (Wildman–Crippen MR) is 123 cm³/mol. The van der Waals surface area contributed by atoms with E-state index < -0.39 is 10.0 Å². The van der Waals surface area contributed by atoms with Crippen molar-refractivity contribution < 1.29 is 22.7 Å². The van der Waals surface area contributed by atoms with Gasteiger partial charge in [-0.3, -0.25) is 9.59 Å². The molecule has 32 heavy (non-hydrogen) atoms. The lowest BCUT2D eigenvalue weighted by Crippen LogP contribution is -2.47. The Morgan fingerprint density at radius 1 is 1.00 bits per heavy atom. The average molecular weight is 460 g/mol. The molecule has 1 aliphatic heterocycles. The Labute approximate surface area is 189 Å². The first-order valence-electron chi connectivity index (χ1n) is 10.6. The van der Waals surface area contributed by atoms with Gasteiger partial charge in [-0.05, 0) is 56.4 Å². The van der Waals surface area contributed by atoms with Gasteiger partial charge in [-0.2, -0.15) is 4.31 Å². The van der Waals surface area contributed by atoms with Crippen LogP contribution in [0, 0.1) is 0 Å². The van der Waals surface area contributed by atoms with Gasteiger partial charge in [0.2, 0.25) is 15.9 Å². The van der Waals surface area contributed by atoms with E-state index in [-0.39, 0.29) is 29.4 Å². The van der Waals surface area contributed by atoms with E-state index >= 15 is 0 Å². The molecule has 172 valence electrons. The fraction of sp³-hybridized carbons (Fsp3) is 0.391. The zero-order chi connectivity index (χ0) is 23.1. The standard InChI is InChI=1S/C23H29N3O5S/c1-3-31-20-9-7-18(8-10-20)22(27)11-12-23(28)24-19-5-4-6-21(17-19)32(29,30)26-15-13-25(2)14-16-26/h4-10,17H,3,11-16H2,1-2H3,(H,24,28). The van der Waals surface area contributed by atoms with Crippen LogP contribution < -0.4 is 10.1 Å². The molecule has 8 nitrogen and oxygen atoms in total. The number of hydrogen-bond donors (Lipinski definition) is 1. The molecule has 0 spiro atoms. The van der Waals surface area contributed by atoms with Gasteiger partial charge in [0.05, 0.1) is 11.5 Å². The Hall–Kier alpha value is -2.75. The van der Waals surface area contributed by atoms with Crippen LogP contribution in [0.2, 0.25) is 0 Å². The van der Waals surface area contributed by atoms with Crippen molar-refractivity contribution in [2.75, 3.05) is 45.2 Å². The number of Topliss-reactive ketones (excluding diaryl/α,β-unsaturated/α-hetero) is 1. The molecule has 1 amide bonds. The van der Waals surface area contributed by atoms with E-state index in [1.165, 1.54) is 16.4 Å². The van der Waals surface area contributed by atoms with Gasteiger partial charge >= 0.3 is 0 Å². The number of sulfonamides is 1. The Kier molecular flexibility index (Phi) is 8.00. The van der Waals surface area contributed by atoms with Gasteiger partial charge in [0.1, 0.15) is 5.75 Å². The first kappa shape index (κ1) is 23.9. The van der Waals surface area contributed by atoms with E-state index in [0.29, 0.717) is 49.8 Å². The summed E-state index contributed by atoms with van der Waals surface area (Å²) in [5, 5.41) is 2.69. The number of ether oxygens (including phenoxy) is 1. The molecule has 0 saturated carbocycles. The van der Waals surface area contributed by atoms with Crippen molar-refractivity contribution in [1.29, 1.82) is 0 Å². The summed E-state index contributed by atoms with van der Waals surface area (Å²) in [6.07, 6.45) is 0.0561. The molecule has 2 aromatic rings. The van der Waals surface area contributed by atoms with Crippen LogP contribution in [0.4, 0.5) is 5.69 Å². The fourth-order valence-corrected chi connectivity index (χ4v) is 4.88. The molecule has 0 radical (unpaired) electrons. The molecule has 1 fully saturated rings. The van der Waals surface area contributed by atoms with Crippen LogP contribution >= 0.6 is 0 Å². The second-order valence-corrected chi connectivity index (χ2v) is 9.60. The van der Waals surface area contributed by atoms with Gasteiger partial charge in [-0.1, -0.05) is 6.07 Å². The quantitative estimate of drug-likeness (QED) is 0.579. The molecule has 0 aliphatic carbocycles. The van der Waals surface area contributed by atoms with Crippen molar-refractivity contribution in [3.63, 3.8) is 0 Å². The monoisotopic (exact) mass is 459 g/mol. The van der Waals surface area contributed by atoms with Gasteiger partial charge in [0, 0.05) is 50.3 Å². The maximum absolute atomic E-state index is 12.9. The third kappa shape index (κ3) is 6.15. The maximum atomic E-state index is 12.9. The second-order valence-electron chi connectivity index (χ2n) is 7.66. The maximum Gasteiger partial charge on any atom is 0.243 e. The molecule has 1 aliphatic rings. The number of benzene rings is 2. The molecule has 0 aromatic heterocycles. The lowest BCUT2D eigenvalue weighted by Gasteiger charge is -2.31. The minimum atomic E-state index is -3.62. The lowest BCUT2D eigenvalue weighted by atomic mass is 10.1. The Morgan fingerprint density at radius 3 is 2.34 bits per heavy atom. The van der Waals surface area contributed by atoms with Gasteiger partial charge in [0.15, 0.2) is 5.78 Å². The summed E-state index contributed by atoms with van der Waals surface area (Å²) in [4.78, 5) is 26.9. The Balaban J connectivity index is 1.57. The van der Waals surface area contributed by atoms with Crippen molar-refractivity contribution in [2.45, 2.75) is 24.7 Å². The van der Waals surface area contributed by atoms with Gasteiger partial charge in [-0.15, -0.1) is 0 Å². The summed E-state index contributed by atoms with van der Waals surface area (Å²) in [7, 11) is -1.66. The van der Waals surface area contributed by atoms with Crippen LogP contribution in [-0.4, -0.2) is 69.1 Å². The molecule has 1 saturated heterocycles. The predicted octanol–water partition coefficient (Wildman–Crippen LogP) is 2.62. The topological polar surface area (TPSA) is 96.0 Å². The lowest BCUT2D eigenvalue weighted by molar-refractivity contribution is -0.116. The van der Waals surface area contributed by atoms with Crippen LogP contribution in [0.3, 0.4) is 0 Å². The average Bonchev–Trinajstić information content (AvgIpc) is 2.79. The number of hydrogen-bond acceptors (Lipinski definition) is 6. The smallest absolute Gasteiger partial charge is 0.243 e.